The normalized spacial score (nSPS) is 11.9. The van der Waals surface area contributed by atoms with Crippen LogP contribution in [-0.4, -0.2) is 41.6 Å². The van der Waals surface area contributed by atoms with E-state index in [-0.39, 0.29) is 24.9 Å². The van der Waals surface area contributed by atoms with Gasteiger partial charge in [0, 0.05) is 18.3 Å². The number of aliphatic hydroxyl groups is 1. The Morgan fingerprint density at radius 3 is 2.04 bits per heavy atom. The largest absolute Gasteiger partial charge is 0.398 e. The van der Waals surface area contributed by atoms with Crippen molar-refractivity contribution in [2.45, 2.75) is 93.2 Å². The third-order valence-corrected chi connectivity index (χ3v) is 6.69. The summed E-state index contributed by atoms with van der Waals surface area (Å²) in [5, 5.41) is 9.95. The third-order valence-electron chi connectivity index (χ3n) is 6.69. The highest BCUT2D eigenvalue weighted by Crippen LogP contribution is 2.38. The second kappa shape index (κ2) is 26.3. The highest BCUT2D eigenvalue weighted by Gasteiger charge is 2.41. The molecule has 268 valence electrons. The second-order valence-electron chi connectivity index (χ2n) is 10.5. The number of aliphatic hydroxyl groups excluding tert-OH is 1. The molecule has 48 heavy (non-hydrogen) atoms. The minimum Gasteiger partial charge on any atom is -0.382 e. The molecule has 0 aliphatic rings. The molecule has 0 saturated heterocycles. The van der Waals surface area contributed by atoms with Gasteiger partial charge in [0.25, 0.3) is 0 Å². The maximum Gasteiger partial charge on any atom is 0.398 e. The Hall–Kier alpha value is -3.66. The lowest BCUT2D eigenvalue weighted by Gasteiger charge is -2.24. The van der Waals surface area contributed by atoms with Gasteiger partial charge in [0.2, 0.25) is 0 Å². The molecule has 0 amide bonds. The molecular weight excluding hydrogens is 616 g/mol. The van der Waals surface area contributed by atoms with Crippen molar-refractivity contribution in [3.63, 3.8) is 0 Å². The first-order valence-electron chi connectivity index (χ1n) is 16.5. The standard InChI is InChI=1S/C20H24F4N2.C13H15N.C3H8.C2H6.CH5NO/c1-5-12(2)16-10-18(17(11-25-4)20(22,23)24)26-19(13(16)3)14-6-8-15(21)9-7-14;1-4-6-7-8-13-11(3)9-12(5-2)10-14-13;1-3-2;1-2;2-1-3/h6-10,12,17,25H,5,11H2,1-4H3;4-10H,2H2,1,3H3;3H2,1-2H3;1-2H3;3H,1-2H2/b;6-4+,8-7-;;;. The highest BCUT2D eigenvalue weighted by molar-refractivity contribution is 5.65. The molecule has 2 atom stereocenters. The van der Waals surface area contributed by atoms with Gasteiger partial charge in [-0.15, -0.1) is 0 Å². The monoisotopic (exact) mass is 674 g/mol. The quantitative estimate of drug-likeness (QED) is 0.120. The van der Waals surface area contributed by atoms with Crippen LogP contribution in [0.2, 0.25) is 0 Å². The Morgan fingerprint density at radius 1 is 1.04 bits per heavy atom. The van der Waals surface area contributed by atoms with Gasteiger partial charge < -0.3 is 16.2 Å². The number of aryl methyl sites for hydroxylation is 1. The molecule has 0 saturated carbocycles. The van der Waals surface area contributed by atoms with Crippen LogP contribution >= 0.6 is 0 Å². The van der Waals surface area contributed by atoms with Crippen LogP contribution in [-0.2, 0) is 0 Å². The Kier molecular flexibility index (Phi) is 25.5. The van der Waals surface area contributed by atoms with Gasteiger partial charge in [0.1, 0.15) is 11.7 Å². The van der Waals surface area contributed by atoms with E-state index in [1.807, 2.05) is 72.0 Å². The molecule has 2 unspecified atom stereocenters. The molecule has 2 aromatic heterocycles. The van der Waals surface area contributed by atoms with Gasteiger partial charge in [0.15, 0.2) is 0 Å². The number of benzene rings is 1. The molecule has 3 aromatic rings. The van der Waals surface area contributed by atoms with Gasteiger partial charge in [-0.05, 0) is 105 Å². The summed E-state index contributed by atoms with van der Waals surface area (Å²) < 4.78 is 53.9. The molecule has 2 heterocycles. The number of nitrogens with zero attached hydrogens (tertiary/aromatic N) is 2. The number of aromatic nitrogens is 2. The van der Waals surface area contributed by atoms with E-state index in [1.165, 1.54) is 31.2 Å². The maximum atomic E-state index is 13.6. The smallest absolute Gasteiger partial charge is 0.382 e. The molecule has 1 aromatic carbocycles. The summed E-state index contributed by atoms with van der Waals surface area (Å²) in [6.07, 6.45) is 9.25. The van der Waals surface area contributed by atoms with Crippen LogP contribution in [0.1, 0.15) is 107 Å². The van der Waals surface area contributed by atoms with E-state index in [0.29, 0.717) is 11.3 Å². The third kappa shape index (κ3) is 16.9. The first-order chi connectivity index (χ1) is 22.8. The van der Waals surface area contributed by atoms with Crippen molar-refractivity contribution in [1.29, 1.82) is 0 Å². The fourth-order valence-corrected chi connectivity index (χ4v) is 4.19. The number of nitrogens with one attached hydrogen (secondary N) is 1. The number of hydrogen-bond acceptors (Lipinski definition) is 5. The average Bonchev–Trinajstić information content (AvgIpc) is 3.06. The second-order valence-corrected chi connectivity index (χ2v) is 10.5. The number of hydrogen-bond donors (Lipinski definition) is 3. The Bertz CT molecular complexity index is 1350. The van der Waals surface area contributed by atoms with Crippen molar-refractivity contribution in [2.24, 2.45) is 5.73 Å². The predicted molar refractivity (Wildman–Crippen MR) is 197 cm³/mol. The van der Waals surface area contributed by atoms with E-state index in [2.05, 4.69) is 54.4 Å². The summed E-state index contributed by atoms with van der Waals surface area (Å²) >= 11 is 0. The van der Waals surface area contributed by atoms with Crippen LogP contribution in [0.3, 0.4) is 0 Å². The zero-order valence-electron chi connectivity index (χ0n) is 30.5. The zero-order valence-corrected chi connectivity index (χ0v) is 30.5. The number of pyridine rings is 2. The van der Waals surface area contributed by atoms with Crippen LogP contribution in [0.4, 0.5) is 17.6 Å². The van der Waals surface area contributed by atoms with E-state index >= 15 is 0 Å². The molecule has 0 aliphatic carbocycles. The van der Waals surface area contributed by atoms with Crippen LogP contribution in [0.15, 0.2) is 67.4 Å². The fraction of sp³-hybridized carbons (Fsp3) is 0.436. The van der Waals surface area contributed by atoms with E-state index in [1.54, 1.807) is 24.3 Å². The topological polar surface area (TPSA) is 84.1 Å². The van der Waals surface area contributed by atoms with E-state index < -0.39 is 17.9 Å². The highest BCUT2D eigenvalue weighted by atomic mass is 19.4. The average molecular weight is 675 g/mol. The minimum atomic E-state index is -4.40. The summed E-state index contributed by atoms with van der Waals surface area (Å²) in [6.45, 7) is 21.3. The van der Waals surface area contributed by atoms with Gasteiger partial charge >= 0.3 is 6.18 Å². The van der Waals surface area contributed by atoms with Crippen LogP contribution in [0.5, 0.6) is 0 Å². The first kappa shape index (κ1) is 46.5. The molecule has 0 spiro atoms. The van der Waals surface area contributed by atoms with Gasteiger partial charge in [-0.3, -0.25) is 9.97 Å². The SMILES string of the molecule is C=Cc1cnc(/C=C\C=C\C)c(C)c1.CC.CCC.CCC(C)c1cc(C(CNC)C(F)(F)F)nc(-c2ccc(F)cc2)c1C.NCO. The summed E-state index contributed by atoms with van der Waals surface area (Å²) in [6, 6.07) is 9.34. The summed E-state index contributed by atoms with van der Waals surface area (Å²) in [4.78, 5) is 8.68. The molecule has 0 fully saturated rings. The molecular formula is C39H58F4N4O. The molecule has 0 radical (unpaired) electrons. The van der Waals surface area contributed by atoms with Gasteiger partial charge in [-0.25, -0.2) is 4.39 Å². The molecule has 0 bridgehead atoms. The van der Waals surface area contributed by atoms with Crippen LogP contribution < -0.4 is 11.1 Å². The summed E-state index contributed by atoms with van der Waals surface area (Å²) in [5.74, 6) is -2.00. The molecule has 9 heteroatoms. The Morgan fingerprint density at radius 2 is 1.60 bits per heavy atom. The minimum absolute atomic E-state index is 0.00734. The number of allylic oxidation sites excluding steroid dienone is 3. The van der Waals surface area contributed by atoms with Gasteiger partial charge in [-0.1, -0.05) is 78.8 Å². The summed E-state index contributed by atoms with van der Waals surface area (Å²) in [7, 11) is 1.49. The first-order valence-corrected chi connectivity index (χ1v) is 16.5. The van der Waals surface area contributed by atoms with Crippen LogP contribution in [0.25, 0.3) is 23.4 Å². The van der Waals surface area contributed by atoms with Crippen molar-refractivity contribution in [1.82, 2.24) is 15.3 Å². The lowest BCUT2D eigenvalue weighted by molar-refractivity contribution is -0.150. The van der Waals surface area contributed by atoms with Crippen LogP contribution in [0, 0.1) is 19.7 Å². The van der Waals surface area contributed by atoms with Crippen molar-refractivity contribution < 1.29 is 22.7 Å². The summed E-state index contributed by atoms with van der Waals surface area (Å²) in [5.41, 5.74) is 10.4. The molecule has 5 nitrogen and oxygen atoms in total. The number of alkyl halides is 3. The Labute approximate surface area is 287 Å². The number of rotatable bonds is 9. The number of halogens is 4. The Balaban J connectivity index is 0. The van der Waals surface area contributed by atoms with E-state index in [0.717, 1.165) is 28.8 Å². The van der Waals surface area contributed by atoms with Gasteiger partial charge in [-0.2, -0.15) is 13.2 Å². The van der Waals surface area contributed by atoms with Crippen molar-refractivity contribution in [3.05, 3.63) is 107 Å². The van der Waals surface area contributed by atoms with Crippen molar-refractivity contribution >= 4 is 12.2 Å². The maximum absolute atomic E-state index is 13.6. The predicted octanol–water partition coefficient (Wildman–Crippen LogP) is 10.5. The number of likely N-dealkylation sites (N-methyl/N-ethyl adjacent to an activating group) is 1. The fourth-order valence-electron chi connectivity index (χ4n) is 4.19. The van der Waals surface area contributed by atoms with Crippen molar-refractivity contribution in [3.8, 4) is 11.3 Å². The zero-order chi connectivity index (χ0) is 37.3. The molecule has 4 N–H and O–H groups in total. The lowest BCUT2D eigenvalue weighted by Crippen LogP contribution is -2.31. The van der Waals surface area contributed by atoms with E-state index in [4.69, 9.17) is 5.11 Å². The number of nitrogens with two attached hydrogens (primary N) is 1. The lowest BCUT2D eigenvalue weighted by atomic mass is 9.89. The van der Waals surface area contributed by atoms with Crippen molar-refractivity contribution in [2.75, 3.05) is 20.3 Å². The van der Waals surface area contributed by atoms with Gasteiger partial charge in [0.05, 0.1) is 23.8 Å². The van der Waals surface area contributed by atoms with E-state index in [9.17, 15) is 17.6 Å². The molecule has 3 rings (SSSR count). The molecule has 0 aliphatic heterocycles.